The minimum atomic E-state index is 0.00571. The summed E-state index contributed by atoms with van der Waals surface area (Å²) in [5.41, 5.74) is 1.77. The summed E-state index contributed by atoms with van der Waals surface area (Å²) in [5, 5.41) is 10.0. The topological polar surface area (TPSA) is 32.7 Å². The molecule has 1 fully saturated rings. The molecule has 1 aromatic rings. The molecule has 1 aliphatic heterocycles. The first-order chi connectivity index (χ1) is 8.22. The van der Waals surface area contributed by atoms with Crippen LogP contribution in [0, 0.1) is 0 Å². The Bertz CT molecular complexity index is 378. The Morgan fingerprint density at radius 3 is 3.00 bits per heavy atom. The number of benzene rings is 1. The zero-order chi connectivity index (χ0) is 12.3. The quantitative estimate of drug-likeness (QED) is 0.897. The SMILES string of the molecule is CN(CC1CCCO1)c1c(Cl)cccc1CO. The minimum absolute atomic E-state index is 0.00571. The van der Waals surface area contributed by atoms with E-state index in [1.807, 2.05) is 25.2 Å². The van der Waals surface area contributed by atoms with E-state index >= 15 is 0 Å². The number of ether oxygens (including phenoxy) is 1. The largest absolute Gasteiger partial charge is 0.392 e. The first-order valence-corrected chi connectivity index (χ1v) is 6.31. The van der Waals surface area contributed by atoms with E-state index < -0.39 is 0 Å². The van der Waals surface area contributed by atoms with Gasteiger partial charge in [0, 0.05) is 25.8 Å². The second kappa shape index (κ2) is 5.71. The second-order valence-electron chi connectivity index (χ2n) is 4.42. The summed E-state index contributed by atoms with van der Waals surface area (Å²) in [6.45, 7) is 1.68. The van der Waals surface area contributed by atoms with Crippen LogP contribution in [0.25, 0.3) is 0 Å². The summed E-state index contributed by atoms with van der Waals surface area (Å²) in [7, 11) is 1.99. The van der Waals surface area contributed by atoms with Crippen molar-refractivity contribution in [1.82, 2.24) is 0 Å². The molecule has 0 aliphatic carbocycles. The summed E-state index contributed by atoms with van der Waals surface area (Å²) < 4.78 is 5.61. The fourth-order valence-electron chi connectivity index (χ4n) is 2.30. The van der Waals surface area contributed by atoms with E-state index in [0.717, 1.165) is 37.2 Å². The Labute approximate surface area is 107 Å². The number of halogens is 1. The van der Waals surface area contributed by atoms with Gasteiger partial charge in [-0.2, -0.15) is 0 Å². The van der Waals surface area contributed by atoms with E-state index in [2.05, 4.69) is 4.90 Å². The Hall–Kier alpha value is -0.770. The number of nitrogens with zero attached hydrogens (tertiary/aromatic N) is 1. The molecule has 0 amide bonds. The lowest BCUT2D eigenvalue weighted by atomic mass is 10.1. The van der Waals surface area contributed by atoms with E-state index in [0.29, 0.717) is 5.02 Å². The lowest BCUT2D eigenvalue weighted by Gasteiger charge is -2.25. The van der Waals surface area contributed by atoms with E-state index in [-0.39, 0.29) is 12.7 Å². The number of para-hydroxylation sites is 1. The van der Waals surface area contributed by atoms with Crippen LogP contribution in [-0.2, 0) is 11.3 Å². The zero-order valence-electron chi connectivity index (χ0n) is 10.0. The van der Waals surface area contributed by atoms with Crippen LogP contribution in [0.1, 0.15) is 18.4 Å². The van der Waals surface area contributed by atoms with Crippen LogP contribution >= 0.6 is 11.6 Å². The van der Waals surface area contributed by atoms with Gasteiger partial charge in [0.1, 0.15) is 0 Å². The molecule has 94 valence electrons. The molecule has 1 aliphatic rings. The Morgan fingerprint density at radius 2 is 2.35 bits per heavy atom. The van der Waals surface area contributed by atoms with Crippen LogP contribution < -0.4 is 4.90 Å². The highest BCUT2D eigenvalue weighted by atomic mass is 35.5. The van der Waals surface area contributed by atoms with Gasteiger partial charge in [0.2, 0.25) is 0 Å². The Morgan fingerprint density at radius 1 is 1.53 bits per heavy atom. The Balaban J connectivity index is 2.14. The van der Waals surface area contributed by atoms with Crippen molar-refractivity contribution >= 4 is 17.3 Å². The number of rotatable bonds is 4. The summed E-state index contributed by atoms with van der Waals surface area (Å²) in [5.74, 6) is 0. The van der Waals surface area contributed by atoms with Crippen LogP contribution in [0.5, 0.6) is 0 Å². The number of aliphatic hydroxyl groups is 1. The van der Waals surface area contributed by atoms with Crippen molar-refractivity contribution in [3.8, 4) is 0 Å². The van der Waals surface area contributed by atoms with Crippen LogP contribution in [0.15, 0.2) is 18.2 Å². The Kier molecular flexibility index (Phi) is 4.26. The fourth-order valence-corrected chi connectivity index (χ4v) is 2.64. The maximum absolute atomic E-state index is 9.34. The molecule has 1 saturated heterocycles. The van der Waals surface area contributed by atoms with Crippen LogP contribution in [-0.4, -0.2) is 31.4 Å². The van der Waals surface area contributed by atoms with Gasteiger partial charge in [-0.05, 0) is 18.9 Å². The number of hydrogen-bond acceptors (Lipinski definition) is 3. The van der Waals surface area contributed by atoms with Gasteiger partial charge in [0.15, 0.2) is 0 Å². The maximum Gasteiger partial charge on any atom is 0.0750 e. The number of hydrogen-bond donors (Lipinski definition) is 1. The van der Waals surface area contributed by atoms with E-state index in [9.17, 15) is 5.11 Å². The van der Waals surface area contributed by atoms with Crippen LogP contribution in [0.2, 0.25) is 5.02 Å². The van der Waals surface area contributed by atoms with Crippen molar-refractivity contribution in [3.63, 3.8) is 0 Å². The van der Waals surface area contributed by atoms with Gasteiger partial charge in [0.05, 0.1) is 23.4 Å². The van der Waals surface area contributed by atoms with Gasteiger partial charge >= 0.3 is 0 Å². The predicted octanol–water partition coefficient (Wildman–Crippen LogP) is 2.45. The third-order valence-corrected chi connectivity index (χ3v) is 3.43. The third kappa shape index (κ3) is 2.92. The molecule has 1 aromatic carbocycles. The van der Waals surface area contributed by atoms with E-state index in [1.54, 1.807) is 0 Å². The van der Waals surface area contributed by atoms with Crippen LogP contribution in [0.3, 0.4) is 0 Å². The average Bonchev–Trinajstić information content (AvgIpc) is 2.81. The molecule has 1 atom stereocenters. The molecule has 0 bridgehead atoms. The molecule has 0 spiro atoms. The average molecular weight is 256 g/mol. The summed E-state index contributed by atoms with van der Waals surface area (Å²) in [6.07, 6.45) is 2.51. The van der Waals surface area contributed by atoms with Gasteiger partial charge in [-0.3, -0.25) is 0 Å². The highest BCUT2D eigenvalue weighted by molar-refractivity contribution is 6.33. The van der Waals surface area contributed by atoms with Crippen molar-refractivity contribution in [1.29, 1.82) is 0 Å². The number of likely N-dealkylation sites (N-methyl/N-ethyl adjacent to an activating group) is 1. The van der Waals surface area contributed by atoms with E-state index in [4.69, 9.17) is 16.3 Å². The number of anilines is 1. The predicted molar refractivity (Wildman–Crippen MR) is 69.6 cm³/mol. The highest BCUT2D eigenvalue weighted by Gasteiger charge is 2.19. The maximum atomic E-state index is 9.34. The molecule has 0 radical (unpaired) electrons. The van der Waals surface area contributed by atoms with Gasteiger partial charge in [-0.15, -0.1) is 0 Å². The van der Waals surface area contributed by atoms with Gasteiger partial charge in [0.25, 0.3) is 0 Å². The van der Waals surface area contributed by atoms with Gasteiger partial charge in [-0.25, -0.2) is 0 Å². The molecule has 4 heteroatoms. The molecular formula is C13H18ClNO2. The summed E-state index contributed by atoms with van der Waals surface area (Å²) in [6, 6.07) is 5.60. The zero-order valence-corrected chi connectivity index (χ0v) is 10.8. The normalized spacial score (nSPS) is 19.6. The first kappa shape index (κ1) is 12.7. The molecule has 17 heavy (non-hydrogen) atoms. The monoisotopic (exact) mass is 255 g/mol. The highest BCUT2D eigenvalue weighted by Crippen LogP contribution is 2.30. The molecule has 0 aromatic heterocycles. The van der Waals surface area contributed by atoms with Crippen molar-refractivity contribution in [2.24, 2.45) is 0 Å². The van der Waals surface area contributed by atoms with Crippen molar-refractivity contribution in [3.05, 3.63) is 28.8 Å². The second-order valence-corrected chi connectivity index (χ2v) is 4.83. The molecule has 1 unspecified atom stereocenters. The molecular weight excluding hydrogens is 238 g/mol. The van der Waals surface area contributed by atoms with E-state index in [1.165, 1.54) is 0 Å². The lowest BCUT2D eigenvalue weighted by Crippen LogP contribution is -2.29. The van der Waals surface area contributed by atoms with Crippen molar-refractivity contribution < 1.29 is 9.84 Å². The first-order valence-electron chi connectivity index (χ1n) is 5.93. The molecule has 2 rings (SSSR count). The molecule has 0 saturated carbocycles. The molecule has 1 N–H and O–H groups in total. The molecule has 1 heterocycles. The molecule has 3 nitrogen and oxygen atoms in total. The smallest absolute Gasteiger partial charge is 0.0750 e. The van der Waals surface area contributed by atoms with Crippen molar-refractivity contribution in [2.45, 2.75) is 25.6 Å². The third-order valence-electron chi connectivity index (χ3n) is 3.12. The van der Waals surface area contributed by atoms with Crippen molar-refractivity contribution in [2.75, 3.05) is 25.1 Å². The van der Waals surface area contributed by atoms with Crippen LogP contribution in [0.4, 0.5) is 5.69 Å². The lowest BCUT2D eigenvalue weighted by molar-refractivity contribution is 0.116. The summed E-state index contributed by atoms with van der Waals surface area (Å²) in [4.78, 5) is 2.07. The summed E-state index contributed by atoms with van der Waals surface area (Å²) >= 11 is 6.19. The standard InChI is InChI=1S/C13H18ClNO2/c1-15(8-11-5-3-7-17-11)13-10(9-16)4-2-6-12(13)14/h2,4,6,11,16H,3,5,7-9H2,1H3. The fraction of sp³-hybridized carbons (Fsp3) is 0.538. The minimum Gasteiger partial charge on any atom is -0.392 e. The van der Waals surface area contributed by atoms with Gasteiger partial charge in [-0.1, -0.05) is 23.7 Å². The number of aliphatic hydroxyl groups excluding tert-OH is 1. The van der Waals surface area contributed by atoms with Gasteiger partial charge < -0.3 is 14.7 Å².